The minimum absolute atomic E-state index is 0.197. The second kappa shape index (κ2) is 7.97. The van der Waals surface area contributed by atoms with Gasteiger partial charge in [-0.3, -0.25) is 9.69 Å². The van der Waals surface area contributed by atoms with Crippen molar-refractivity contribution in [3.05, 3.63) is 29.3 Å². The number of nitrogens with one attached hydrogen (secondary N) is 1. The third-order valence-corrected chi connectivity index (χ3v) is 4.10. The first-order valence-corrected chi connectivity index (χ1v) is 7.98. The maximum atomic E-state index is 11.2. The molecule has 1 aromatic carbocycles. The maximum absolute atomic E-state index is 11.2. The smallest absolute Gasteiger partial charge is 0.326 e. The lowest BCUT2D eigenvalue weighted by Gasteiger charge is -2.27. The lowest BCUT2D eigenvalue weighted by Crippen LogP contribution is -2.41. The highest BCUT2D eigenvalue weighted by atomic mass is 16.4. The van der Waals surface area contributed by atoms with Gasteiger partial charge in [-0.1, -0.05) is 18.6 Å². The second-order valence-electron chi connectivity index (χ2n) is 6.10. The summed E-state index contributed by atoms with van der Waals surface area (Å²) in [5.74, 6) is -1.21. The Morgan fingerprint density at radius 1 is 1.26 bits per heavy atom. The molecule has 3 N–H and O–H groups in total. The van der Waals surface area contributed by atoms with Gasteiger partial charge in [0, 0.05) is 25.5 Å². The number of nitrogens with zero attached hydrogens (tertiary/aromatic N) is 1. The van der Waals surface area contributed by atoms with Crippen LogP contribution in [0.3, 0.4) is 0 Å². The lowest BCUT2D eigenvalue weighted by atomic mass is 10.0. The second-order valence-corrected chi connectivity index (χ2v) is 6.10. The van der Waals surface area contributed by atoms with Gasteiger partial charge in [-0.25, -0.2) is 4.79 Å². The number of carboxylic acid groups (broad SMARTS) is 1. The number of carbonyl (C=O) groups is 2. The third kappa shape index (κ3) is 5.25. The fourth-order valence-electron chi connectivity index (χ4n) is 2.93. The quantitative estimate of drug-likeness (QED) is 0.739. The summed E-state index contributed by atoms with van der Waals surface area (Å²) in [5.41, 5.74) is 1.59. The average Bonchev–Trinajstić information content (AvgIpc) is 2.50. The number of likely N-dealkylation sites (tertiary alicyclic amines) is 1. The van der Waals surface area contributed by atoms with Gasteiger partial charge in [0.1, 0.15) is 11.8 Å². The van der Waals surface area contributed by atoms with Crippen molar-refractivity contribution in [3.63, 3.8) is 0 Å². The van der Waals surface area contributed by atoms with E-state index in [9.17, 15) is 19.8 Å². The van der Waals surface area contributed by atoms with Crippen LogP contribution in [0.2, 0.25) is 0 Å². The predicted molar refractivity (Wildman–Crippen MR) is 86.2 cm³/mol. The zero-order valence-corrected chi connectivity index (χ0v) is 13.4. The number of phenolic OH excluding ortho intramolecular Hbond substituents is 1. The molecule has 1 aliphatic heterocycles. The summed E-state index contributed by atoms with van der Waals surface area (Å²) in [6.07, 6.45) is 3.79. The Kier molecular flexibility index (Phi) is 5.98. The SMILES string of the molecule is CC(=O)NC(Cc1ccc(O)c(CN2CCCCC2)c1)C(=O)O. The fraction of sp³-hybridized carbons (Fsp3) is 0.529. The summed E-state index contributed by atoms with van der Waals surface area (Å²) < 4.78 is 0. The molecule has 23 heavy (non-hydrogen) atoms. The number of benzene rings is 1. The summed E-state index contributed by atoms with van der Waals surface area (Å²) in [7, 11) is 0. The molecule has 0 radical (unpaired) electrons. The van der Waals surface area contributed by atoms with Crippen molar-refractivity contribution in [1.82, 2.24) is 10.2 Å². The van der Waals surface area contributed by atoms with E-state index in [-0.39, 0.29) is 18.1 Å². The number of carbonyl (C=O) groups excluding carboxylic acids is 1. The van der Waals surface area contributed by atoms with Gasteiger partial charge in [-0.15, -0.1) is 0 Å². The number of aliphatic carboxylic acids is 1. The molecule has 0 saturated carbocycles. The van der Waals surface area contributed by atoms with Gasteiger partial charge in [-0.05, 0) is 37.6 Å². The number of rotatable bonds is 6. The van der Waals surface area contributed by atoms with Gasteiger partial charge in [0.25, 0.3) is 0 Å². The normalized spacial score (nSPS) is 16.7. The predicted octanol–water partition coefficient (Wildman–Crippen LogP) is 1.51. The van der Waals surface area contributed by atoms with Crippen molar-refractivity contribution in [3.8, 4) is 5.75 Å². The molecule has 0 spiro atoms. The van der Waals surface area contributed by atoms with Crippen LogP contribution in [-0.4, -0.2) is 46.1 Å². The Balaban J connectivity index is 2.08. The molecule has 126 valence electrons. The highest BCUT2D eigenvalue weighted by Crippen LogP contribution is 2.23. The maximum Gasteiger partial charge on any atom is 0.326 e. The molecule has 1 saturated heterocycles. The number of carboxylic acids is 1. The summed E-state index contributed by atoms with van der Waals surface area (Å²) in [4.78, 5) is 24.6. The van der Waals surface area contributed by atoms with Crippen molar-refractivity contribution >= 4 is 11.9 Å². The van der Waals surface area contributed by atoms with Crippen LogP contribution < -0.4 is 5.32 Å². The first-order valence-electron chi connectivity index (χ1n) is 7.98. The van der Waals surface area contributed by atoms with Crippen LogP contribution in [-0.2, 0) is 22.6 Å². The van der Waals surface area contributed by atoms with Gasteiger partial charge in [0.15, 0.2) is 0 Å². The molecule has 1 aliphatic rings. The zero-order valence-electron chi connectivity index (χ0n) is 13.4. The standard InChI is InChI=1S/C17H24N2O4/c1-12(20)18-15(17(22)23)10-13-5-6-16(21)14(9-13)11-19-7-3-2-4-8-19/h5-6,9,15,21H,2-4,7-8,10-11H2,1H3,(H,18,20)(H,22,23). The number of hydrogen-bond acceptors (Lipinski definition) is 4. The van der Waals surface area contributed by atoms with Crippen LogP contribution in [0.15, 0.2) is 18.2 Å². The van der Waals surface area contributed by atoms with Crippen LogP contribution in [0.1, 0.15) is 37.3 Å². The zero-order chi connectivity index (χ0) is 16.8. The number of hydrogen-bond donors (Lipinski definition) is 3. The van der Waals surface area contributed by atoms with Crippen LogP contribution in [0.4, 0.5) is 0 Å². The molecule has 1 heterocycles. The van der Waals surface area contributed by atoms with Crippen LogP contribution in [0, 0.1) is 0 Å². The van der Waals surface area contributed by atoms with E-state index < -0.39 is 12.0 Å². The number of piperidine rings is 1. The number of aromatic hydroxyl groups is 1. The van der Waals surface area contributed by atoms with Gasteiger partial charge < -0.3 is 15.5 Å². The van der Waals surface area contributed by atoms with E-state index in [1.807, 2.05) is 6.07 Å². The molecule has 0 bridgehead atoms. The minimum atomic E-state index is -1.06. The molecule has 1 amide bonds. The van der Waals surface area contributed by atoms with Gasteiger partial charge in [-0.2, -0.15) is 0 Å². The monoisotopic (exact) mass is 320 g/mol. The average molecular weight is 320 g/mol. The molecule has 1 fully saturated rings. The van der Waals surface area contributed by atoms with E-state index >= 15 is 0 Å². The first kappa shape index (κ1) is 17.3. The van der Waals surface area contributed by atoms with Crippen molar-refractivity contribution in [2.45, 2.75) is 45.2 Å². The number of amides is 1. The molecule has 0 aliphatic carbocycles. The minimum Gasteiger partial charge on any atom is -0.508 e. The highest BCUT2D eigenvalue weighted by Gasteiger charge is 2.20. The largest absolute Gasteiger partial charge is 0.508 e. The summed E-state index contributed by atoms with van der Waals surface area (Å²) in [6, 6.07) is 4.18. The highest BCUT2D eigenvalue weighted by molar-refractivity contribution is 5.82. The number of phenols is 1. The molecular formula is C17H24N2O4. The molecule has 1 unspecified atom stereocenters. The van der Waals surface area contributed by atoms with Crippen LogP contribution in [0.5, 0.6) is 5.75 Å². The Labute approximate surface area is 136 Å². The van der Waals surface area contributed by atoms with Crippen molar-refractivity contribution in [2.75, 3.05) is 13.1 Å². The summed E-state index contributed by atoms with van der Waals surface area (Å²) in [5, 5.41) is 21.7. The van der Waals surface area contributed by atoms with E-state index in [4.69, 9.17) is 0 Å². The van der Waals surface area contributed by atoms with E-state index in [1.165, 1.54) is 26.2 Å². The molecule has 6 heteroatoms. The van der Waals surface area contributed by atoms with Crippen molar-refractivity contribution in [2.24, 2.45) is 0 Å². The molecule has 1 atom stereocenters. The molecule has 2 rings (SSSR count). The molecule has 1 aromatic rings. The Morgan fingerprint density at radius 2 is 1.96 bits per heavy atom. The molecule has 0 aromatic heterocycles. The lowest BCUT2D eigenvalue weighted by molar-refractivity contribution is -0.141. The summed E-state index contributed by atoms with van der Waals surface area (Å²) in [6.45, 7) is 4.01. The Bertz CT molecular complexity index is 568. The van der Waals surface area contributed by atoms with Crippen molar-refractivity contribution in [1.29, 1.82) is 0 Å². The first-order chi connectivity index (χ1) is 11.0. The topological polar surface area (TPSA) is 89.9 Å². The third-order valence-electron chi connectivity index (χ3n) is 4.10. The van der Waals surface area contributed by atoms with Gasteiger partial charge >= 0.3 is 5.97 Å². The van der Waals surface area contributed by atoms with Crippen LogP contribution in [0.25, 0.3) is 0 Å². The Morgan fingerprint density at radius 3 is 2.57 bits per heavy atom. The van der Waals surface area contributed by atoms with Gasteiger partial charge in [0.05, 0.1) is 0 Å². The molecule has 6 nitrogen and oxygen atoms in total. The van der Waals surface area contributed by atoms with E-state index in [0.29, 0.717) is 6.54 Å². The Hall–Kier alpha value is -2.08. The van der Waals surface area contributed by atoms with E-state index in [0.717, 1.165) is 24.2 Å². The fourth-order valence-corrected chi connectivity index (χ4v) is 2.93. The summed E-state index contributed by atoms with van der Waals surface area (Å²) >= 11 is 0. The van der Waals surface area contributed by atoms with E-state index in [1.54, 1.807) is 12.1 Å². The van der Waals surface area contributed by atoms with Crippen LogP contribution >= 0.6 is 0 Å². The van der Waals surface area contributed by atoms with E-state index in [2.05, 4.69) is 10.2 Å². The van der Waals surface area contributed by atoms with Crippen molar-refractivity contribution < 1.29 is 19.8 Å². The molecular weight excluding hydrogens is 296 g/mol. The van der Waals surface area contributed by atoms with Gasteiger partial charge in [0.2, 0.25) is 5.91 Å².